The molecule has 1 aromatic carbocycles. The molecule has 0 bridgehead atoms. The third-order valence-corrected chi connectivity index (χ3v) is 4.80. The Morgan fingerprint density at radius 1 is 1.40 bits per heavy atom. The molecule has 0 spiro atoms. The van der Waals surface area contributed by atoms with Gasteiger partial charge in [-0.3, -0.25) is 4.79 Å². The molecule has 1 saturated carbocycles. The fourth-order valence-corrected chi connectivity index (χ4v) is 3.12. The normalized spacial score (nSPS) is 16.7. The summed E-state index contributed by atoms with van der Waals surface area (Å²) in [4.78, 5) is 12.3. The van der Waals surface area contributed by atoms with E-state index in [1.165, 1.54) is 6.26 Å². The molecule has 0 aromatic heterocycles. The number of carbonyl (C=O) groups is 1. The van der Waals surface area contributed by atoms with Crippen LogP contribution >= 0.6 is 11.6 Å². The van der Waals surface area contributed by atoms with Crippen LogP contribution in [-0.4, -0.2) is 32.9 Å². The largest absolute Gasteiger partial charge is 0.355 e. The number of hydrogen-bond donors (Lipinski definition) is 1. The molecule has 0 atom stereocenters. The second kappa shape index (κ2) is 5.74. The van der Waals surface area contributed by atoms with Crippen molar-refractivity contribution in [1.29, 1.82) is 0 Å². The van der Waals surface area contributed by atoms with Gasteiger partial charge in [0.15, 0.2) is 0 Å². The van der Waals surface area contributed by atoms with E-state index in [0.29, 0.717) is 18.0 Å². The van der Waals surface area contributed by atoms with Gasteiger partial charge < -0.3 is 5.32 Å². The molecule has 110 valence electrons. The van der Waals surface area contributed by atoms with Crippen molar-refractivity contribution in [3.63, 3.8) is 0 Å². The van der Waals surface area contributed by atoms with E-state index in [9.17, 15) is 13.2 Å². The quantitative estimate of drug-likeness (QED) is 0.816. The molecule has 4 nitrogen and oxygen atoms in total. The van der Waals surface area contributed by atoms with E-state index in [4.69, 9.17) is 11.6 Å². The Kier molecular flexibility index (Phi) is 4.39. The van der Waals surface area contributed by atoms with E-state index in [-0.39, 0.29) is 11.7 Å². The number of amides is 1. The van der Waals surface area contributed by atoms with Gasteiger partial charge in [0.2, 0.25) is 5.91 Å². The van der Waals surface area contributed by atoms with Gasteiger partial charge in [0, 0.05) is 17.8 Å². The molecule has 1 N–H and O–H groups in total. The summed E-state index contributed by atoms with van der Waals surface area (Å²) in [6, 6.07) is 7.36. The maximum Gasteiger partial charge on any atom is 0.230 e. The van der Waals surface area contributed by atoms with Crippen molar-refractivity contribution in [2.24, 2.45) is 0 Å². The third kappa shape index (κ3) is 3.73. The van der Waals surface area contributed by atoms with Gasteiger partial charge >= 0.3 is 0 Å². The topological polar surface area (TPSA) is 63.2 Å². The van der Waals surface area contributed by atoms with Crippen LogP contribution in [0.3, 0.4) is 0 Å². The molecule has 0 aliphatic heterocycles. The first kappa shape index (κ1) is 15.3. The molecule has 1 aliphatic rings. The summed E-state index contributed by atoms with van der Waals surface area (Å²) in [5.74, 6) is 0.0607. The van der Waals surface area contributed by atoms with Crippen LogP contribution in [0, 0.1) is 0 Å². The lowest BCUT2D eigenvalue weighted by molar-refractivity contribution is -0.123. The smallest absolute Gasteiger partial charge is 0.230 e. The van der Waals surface area contributed by atoms with Gasteiger partial charge in [-0.05, 0) is 37.0 Å². The van der Waals surface area contributed by atoms with Crippen LogP contribution in [0.2, 0.25) is 5.02 Å². The molecule has 6 heteroatoms. The summed E-state index contributed by atoms with van der Waals surface area (Å²) in [5.41, 5.74) is 0.473. The molecular weight excluding hydrogens is 298 g/mol. The molecule has 1 aromatic rings. The van der Waals surface area contributed by atoms with Crippen LogP contribution in [0.25, 0.3) is 0 Å². The standard InChI is InChI=1S/C14H18ClNO3S/c1-20(18,19)9-3-8-16-13(17)14(6-7-14)11-4-2-5-12(15)10-11/h2,4-5,10H,3,6-9H2,1H3,(H,16,17). The molecule has 1 aliphatic carbocycles. The minimum Gasteiger partial charge on any atom is -0.355 e. The first-order valence-electron chi connectivity index (χ1n) is 6.56. The van der Waals surface area contributed by atoms with E-state index in [1.807, 2.05) is 18.2 Å². The van der Waals surface area contributed by atoms with Crippen LogP contribution < -0.4 is 5.32 Å². The van der Waals surface area contributed by atoms with Crippen LogP contribution in [0.5, 0.6) is 0 Å². The second-order valence-electron chi connectivity index (χ2n) is 5.33. The number of hydrogen-bond acceptors (Lipinski definition) is 3. The Bertz CT molecular complexity index is 609. The fourth-order valence-electron chi connectivity index (χ4n) is 2.26. The highest BCUT2D eigenvalue weighted by atomic mass is 35.5. The van der Waals surface area contributed by atoms with E-state index in [0.717, 1.165) is 18.4 Å². The fraction of sp³-hybridized carbons (Fsp3) is 0.500. The van der Waals surface area contributed by atoms with Crippen molar-refractivity contribution < 1.29 is 13.2 Å². The highest BCUT2D eigenvalue weighted by molar-refractivity contribution is 7.90. The first-order valence-corrected chi connectivity index (χ1v) is 8.99. The summed E-state index contributed by atoms with van der Waals surface area (Å²) < 4.78 is 22.0. The molecule has 0 heterocycles. The number of rotatable bonds is 6. The first-order chi connectivity index (χ1) is 9.33. The van der Waals surface area contributed by atoms with Gasteiger partial charge in [-0.2, -0.15) is 0 Å². The molecular formula is C14H18ClNO3S. The third-order valence-electron chi connectivity index (χ3n) is 3.54. The van der Waals surface area contributed by atoms with E-state index in [1.54, 1.807) is 6.07 Å². The lowest BCUT2D eigenvalue weighted by Crippen LogP contribution is -2.35. The molecule has 20 heavy (non-hydrogen) atoms. The Balaban J connectivity index is 1.92. The van der Waals surface area contributed by atoms with Crippen molar-refractivity contribution in [3.8, 4) is 0 Å². The highest BCUT2D eigenvalue weighted by Crippen LogP contribution is 2.48. The SMILES string of the molecule is CS(=O)(=O)CCCNC(=O)C1(c2cccc(Cl)c2)CC1. The molecule has 2 rings (SSSR count). The summed E-state index contributed by atoms with van der Waals surface area (Å²) in [6.07, 6.45) is 3.26. The van der Waals surface area contributed by atoms with Gasteiger partial charge in [0.05, 0.1) is 11.2 Å². The summed E-state index contributed by atoms with van der Waals surface area (Å²) in [7, 11) is -2.97. The maximum atomic E-state index is 12.3. The van der Waals surface area contributed by atoms with Crippen molar-refractivity contribution in [3.05, 3.63) is 34.9 Å². The van der Waals surface area contributed by atoms with Crippen molar-refractivity contribution >= 4 is 27.3 Å². The lowest BCUT2D eigenvalue weighted by atomic mass is 9.95. The molecule has 1 amide bonds. The molecule has 0 unspecified atom stereocenters. The van der Waals surface area contributed by atoms with E-state index in [2.05, 4.69) is 5.32 Å². The number of carbonyl (C=O) groups excluding carboxylic acids is 1. The number of nitrogens with one attached hydrogen (secondary N) is 1. The summed E-state index contributed by atoms with van der Waals surface area (Å²) in [6.45, 7) is 0.383. The minimum absolute atomic E-state index is 0.0340. The highest BCUT2D eigenvalue weighted by Gasteiger charge is 2.51. The van der Waals surface area contributed by atoms with E-state index < -0.39 is 15.3 Å². The minimum atomic E-state index is -2.97. The average Bonchev–Trinajstić information content (AvgIpc) is 3.14. The van der Waals surface area contributed by atoms with Gasteiger partial charge in [-0.1, -0.05) is 23.7 Å². The maximum absolute atomic E-state index is 12.3. The zero-order valence-electron chi connectivity index (χ0n) is 11.4. The van der Waals surface area contributed by atoms with Crippen molar-refractivity contribution in [2.75, 3.05) is 18.6 Å². The predicted octanol–water partition coefficient (Wildman–Crippen LogP) is 1.92. The second-order valence-corrected chi connectivity index (χ2v) is 8.03. The number of benzene rings is 1. The average molecular weight is 316 g/mol. The molecule has 0 saturated heterocycles. The Labute approximate surface area is 124 Å². The van der Waals surface area contributed by atoms with Crippen molar-refractivity contribution in [1.82, 2.24) is 5.32 Å². The summed E-state index contributed by atoms with van der Waals surface area (Å²) >= 11 is 5.96. The van der Waals surface area contributed by atoms with Crippen molar-refractivity contribution in [2.45, 2.75) is 24.7 Å². The van der Waals surface area contributed by atoms with Gasteiger partial charge in [0.25, 0.3) is 0 Å². The lowest BCUT2D eigenvalue weighted by Gasteiger charge is -2.16. The Hall–Kier alpha value is -1.07. The molecule has 0 radical (unpaired) electrons. The number of halogens is 1. The van der Waals surface area contributed by atoms with Crippen LogP contribution in [0.15, 0.2) is 24.3 Å². The van der Waals surface area contributed by atoms with Gasteiger partial charge in [0.1, 0.15) is 9.84 Å². The molecule has 1 fully saturated rings. The van der Waals surface area contributed by atoms with Gasteiger partial charge in [-0.15, -0.1) is 0 Å². The monoisotopic (exact) mass is 315 g/mol. The zero-order chi connectivity index (χ0) is 14.8. The van der Waals surface area contributed by atoms with Crippen LogP contribution in [-0.2, 0) is 20.0 Å². The Morgan fingerprint density at radius 2 is 2.10 bits per heavy atom. The Morgan fingerprint density at radius 3 is 2.65 bits per heavy atom. The number of sulfone groups is 1. The van der Waals surface area contributed by atoms with E-state index >= 15 is 0 Å². The van der Waals surface area contributed by atoms with Gasteiger partial charge in [-0.25, -0.2) is 8.42 Å². The summed E-state index contributed by atoms with van der Waals surface area (Å²) in [5, 5.41) is 3.45. The zero-order valence-corrected chi connectivity index (χ0v) is 12.9. The van der Waals surface area contributed by atoms with Crippen LogP contribution in [0.4, 0.5) is 0 Å². The van der Waals surface area contributed by atoms with Crippen LogP contribution in [0.1, 0.15) is 24.8 Å². The predicted molar refractivity (Wildman–Crippen MR) is 79.7 cm³/mol.